The van der Waals surface area contributed by atoms with Gasteiger partial charge in [0.15, 0.2) is 23.0 Å². The van der Waals surface area contributed by atoms with Gasteiger partial charge in [-0.2, -0.15) is 17.6 Å². The molecule has 0 spiro atoms. The van der Waals surface area contributed by atoms with Crippen molar-refractivity contribution in [2.75, 3.05) is 19.0 Å². The van der Waals surface area contributed by atoms with E-state index in [0.717, 1.165) is 0 Å². The number of anilines is 2. The van der Waals surface area contributed by atoms with Gasteiger partial charge in [0, 0.05) is 35.8 Å². The van der Waals surface area contributed by atoms with Gasteiger partial charge in [-0.1, -0.05) is 6.92 Å². The molecule has 13 heteroatoms. The Morgan fingerprint density at radius 3 is 2.62 bits per heavy atom. The Bertz CT molecular complexity index is 1500. The zero-order chi connectivity index (χ0) is 28.3. The second-order valence-electron chi connectivity index (χ2n) is 8.60. The summed E-state index contributed by atoms with van der Waals surface area (Å²) < 4.78 is 73.2. The van der Waals surface area contributed by atoms with Crippen LogP contribution in [-0.4, -0.2) is 46.1 Å². The molecule has 4 aromatic rings. The Morgan fingerprint density at radius 1 is 1.15 bits per heavy atom. The summed E-state index contributed by atoms with van der Waals surface area (Å²) >= 11 is 0. The maximum atomic E-state index is 14.7. The fraction of sp³-hybridized carbons (Fsp3) is 0.269. The van der Waals surface area contributed by atoms with Crippen molar-refractivity contribution < 1.29 is 31.5 Å². The number of nitrogens with zero attached hydrogens (tertiary/aromatic N) is 3. The quantitative estimate of drug-likeness (QED) is 0.254. The number of amides is 1. The fourth-order valence-corrected chi connectivity index (χ4v) is 4.02. The highest BCUT2D eigenvalue weighted by molar-refractivity contribution is 5.96. The van der Waals surface area contributed by atoms with Crippen LogP contribution in [0.25, 0.3) is 16.9 Å². The molecule has 2 heterocycles. The van der Waals surface area contributed by atoms with Crippen molar-refractivity contribution in [3.8, 4) is 17.0 Å². The van der Waals surface area contributed by atoms with Gasteiger partial charge in [0.2, 0.25) is 5.82 Å². The molecule has 39 heavy (non-hydrogen) atoms. The second-order valence-corrected chi connectivity index (χ2v) is 8.60. The molecule has 0 aliphatic carbocycles. The number of alkyl halides is 3. The lowest BCUT2D eigenvalue weighted by Crippen LogP contribution is -2.40. The van der Waals surface area contributed by atoms with Gasteiger partial charge in [-0.15, -0.1) is 0 Å². The first-order valence-electron chi connectivity index (χ1n) is 11.9. The molecule has 0 bridgehead atoms. The van der Waals surface area contributed by atoms with E-state index < -0.39 is 36.2 Å². The van der Waals surface area contributed by atoms with Gasteiger partial charge in [0.25, 0.3) is 5.91 Å². The SMILES string of the molecule is CCc1cc(Nc2nccn3c(-c4ccc(OC)c(F)c4F)cnc23)ccc1C(=O)NCC[C@H](N)C(F)(F)F. The van der Waals surface area contributed by atoms with Crippen LogP contribution in [0.1, 0.15) is 29.3 Å². The predicted octanol–water partition coefficient (Wildman–Crippen LogP) is 5.00. The maximum Gasteiger partial charge on any atom is 0.403 e. The zero-order valence-corrected chi connectivity index (χ0v) is 20.9. The molecule has 2 aromatic carbocycles. The van der Waals surface area contributed by atoms with Crippen molar-refractivity contribution in [2.24, 2.45) is 5.73 Å². The van der Waals surface area contributed by atoms with Crippen LogP contribution in [0.4, 0.5) is 33.5 Å². The van der Waals surface area contributed by atoms with Crippen molar-refractivity contribution in [3.63, 3.8) is 0 Å². The van der Waals surface area contributed by atoms with Crippen LogP contribution in [0.2, 0.25) is 0 Å². The van der Waals surface area contributed by atoms with Gasteiger partial charge in [-0.25, -0.2) is 14.4 Å². The Morgan fingerprint density at radius 2 is 1.92 bits per heavy atom. The number of imidazole rings is 1. The van der Waals surface area contributed by atoms with E-state index in [1.165, 1.54) is 31.6 Å². The Labute approximate surface area is 220 Å². The number of nitrogens with one attached hydrogen (secondary N) is 2. The number of methoxy groups -OCH3 is 1. The van der Waals surface area contributed by atoms with Gasteiger partial charge in [0.05, 0.1) is 19.0 Å². The molecular formula is C26H25F5N6O2. The lowest BCUT2D eigenvalue weighted by Gasteiger charge is -2.16. The van der Waals surface area contributed by atoms with Gasteiger partial charge >= 0.3 is 6.18 Å². The van der Waals surface area contributed by atoms with Crippen molar-refractivity contribution in [2.45, 2.75) is 32.0 Å². The van der Waals surface area contributed by atoms with Crippen LogP contribution >= 0.6 is 0 Å². The summed E-state index contributed by atoms with van der Waals surface area (Å²) in [6, 6.07) is 5.57. The third kappa shape index (κ3) is 5.77. The average molecular weight is 549 g/mol. The van der Waals surface area contributed by atoms with Gasteiger partial charge in [-0.05, 0) is 48.7 Å². The van der Waals surface area contributed by atoms with Gasteiger partial charge < -0.3 is 21.1 Å². The van der Waals surface area contributed by atoms with Crippen molar-refractivity contribution >= 4 is 23.1 Å². The lowest BCUT2D eigenvalue weighted by atomic mass is 10.0. The topological polar surface area (TPSA) is 107 Å². The summed E-state index contributed by atoms with van der Waals surface area (Å²) in [5.41, 5.74) is 7.22. The molecular weight excluding hydrogens is 523 g/mol. The number of nitrogens with two attached hydrogens (primary N) is 1. The maximum absolute atomic E-state index is 14.7. The molecule has 0 fully saturated rings. The molecule has 1 amide bonds. The first-order valence-corrected chi connectivity index (χ1v) is 11.9. The molecule has 0 unspecified atom stereocenters. The van der Waals surface area contributed by atoms with Crippen molar-refractivity contribution in [3.05, 3.63) is 71.7 Å². The average Bonchev–Trinajstić information content (AvgIpc) is 3.34. The van der Waals surface area contributed by atoms with E-state index in [9.17, 15) is 26.7 Å². The molecule has 0 saturated carbocycles. The first-order chi connectivity index (χ1) is 18.5. The minimum absolute atomic E-state index is 0.0159. The molecule has 0 aliphatic heterocycles. The highest BCUT2D eigenvalue weighted by Gasteiger charge is 2.36. The summed E-state index contributed by atoms with van der Waals surface area (Å²) in [6.07, 6.45) is -0.0913. The number of carbonyl (C=O) groups excluding carboxylic acids is 1. The van der Waals surface area contributed by atoms with E-state index in [1.807, 2.05) is 6.92 Å². The van der Waals surface area contributed by atoms with Crippen LogP contribution in [0, 0.1) is 11.6 Å². The van der Waals surface area contributed by atoms with Crippen LogP contribution in [0.3, 0.4) is 0 Å². The van der Waals surface area contributed by atoms with E-state index in [2.05, 4.69) is 20.6 Å². The molecule has 0 aliphatic rings. The number of halogens is 5. The Kier molecular flexibility index (Phi) is 8.00. The van der Waals surface area contributed by atoms with Crippen molar-refractivity contribution in [1.82, 2.24) is 19.7 Å². The molecule has 0 saturated heterocycles. The molecule has 206 valence electrons. The Balaban J connectivity index is 1.55. The molecule has 0 radical (unpaired) electrons. The number of hydrogen-bond acceptors (Lipinski definition) is 6. The standard InChI is InChI=1S/C26H25F5N6O2/c1-3-14-12-15(4-5-16(14)25(38)34-9-8-20(32)26(29,30)31)36-23-24-35-13-18(37(24)11-10-33-23)17-6-7-19(39-2)22(28)21(17)27/h4-7,10-13,20H,3,8-9,32H2,1-2H3,(H,33,36)(H,34,38)/t20-/m0/s1. The van der Waals surface area contributed by atoms with Crippen LogP contribution in [-0.2, 0) is 6.42 Å². The van der Waals surface area contributed by atoms with E-state index in [4.69, 9.17) is 10.5 Å². The number of benzene rings is 2. The summed E-state index contributed by atoms with van der Waals surface area (Å²) in [5.74, 6) is -2.61. The number of aryl methyl sites for hydroxylation is 1. The highest BCUT2D eigenvalue weighted by atomic mass is 19.4. The van der Waals surface area contributed by atoms with Crippen LogP contribution in [0.15, 0.2) is 48.9 Å². The summed E-state index contributed by atoms with van der Waals surface area (Å²) in [5, 5.41) is 5.59. The number of fused-ring (bicyclic) bond motifs is 1. The molecule has 4 N–H and O–H groups in total. The molecule has 1 atom stereocenters. The Hall–Kier alpha value is -4.26. The molecule has 8 nitrogen and oxygen atoms in total. The largest absolute Gasteiger partial charge is 0.494 e. The summed E-state index contributed by atoms with van der Waals surface area (Å²) in [7, 11) is 1.24. The number of carbonyl (C=O) groups is 1. The number of rotatable bonds is 9. The number of hydrogen-bond donors (Lipinski definition) is 3. The monoisotopic (exact) mass is 548 g/mol. The van der Waals surface area contributed by atoms with E-state index in [-0.39, 0.29) is 17.9 Å². The van der Waals surface area contributed by atoms with Crippen LogP contribution in [0.5, 0.6) is 5.75 Å². The minimum Gasteiger partial charge on any atom is -0.494 e. The van der Waals surface area contributed by atoms with E-state index in [0.29, 0.717) is 40.4 Å². The predicted molar refractivity (Wildman–Crippen MR) is 135 cm³/mol. The normalized spacial score (nSPS) is 12.4. The van der Waals surface area contributed by atoms with Gasteiger partial charge in [-0.3, -0.25) is 9.20 Å². The zero-order valence-electron chi connectivity index (χ0n) is 20.9. The van der Waals surface area contributed by atoms with Crippen LogP contribution < -0.4 is 21.1 Å². The third-order valence-corrected chi connectivity index (χ3v) is 6.13. The van der Waals surface area contributed by atoms with E-state index >= 15 is 0 Å². The lowest BCUT2D eigenvalue weighted by molar-refractivity contribution is -0.148. The summed E-state index contributed by atoms with van der Waals surface area (Å²) in [4.78, 5) is 21.2. The second kappa shape index (κ2) is 11.2. The van der Waals surface area contributed by atoms with Crippen molar-refractivity contribution in [1.29, 1.82) is 0 Å². The van der Waals surface area contributed by atoms with Gasteiger partial charge in [0.1, 0.15) is 6.04 Å². The number of ether oxygens (including phenoxy) is 1. The summed E-state index contributed by atoms with van der Waals surface area (Å²) in [6.45, 7) is 1.60. The van der Waals surface area contributed by atoms with E-state index in [1.54, 1.807) is 28.8 Å². The first kappa shape index (κ1) is 27.8. The smallest absolute Gasteiger partial charge is 0.403 e. The highest BCUT2D eigenvalue weighted by Crippen LogP contribution is 2.31. The molecule has 4 rings (SSSR count). The minimum atomic E-state index is -4.53. The fourth-order valence-electron chi connectivity index (χ4n) is 4.02. The number of aromatic nitrogens is 3. The molecule has 2 aromatic heterocycles. The third-order valence-electron chi connectivity index (χ3n) is 6.13.